The lowest BCUT2D eigenvalue weighted by atomic mass is 10.1. The van der Waals surface area contributed by atoms with Crippen molar-refractivity contribution in [2.75, 3.05) is 0 Å². The van der Waals surface area contributed by atoms with Crippen molar-refractivity contribution in [2.45, 2.75) is 43.6 Å². The third kappa shape index (κ3) is 4.56. The number of fused-ring (bicyclic) bond motifs is 1. The number of nitrogens with zero attached hydrogens (tertiary/aromatic N) is 2. The molecule has 0 aliphatic heterocycles. The van der Waals surface area contributed by atoms with E-state index in [-0.39, 0.29) is 17.0 Å². The summed E-state index contributed by atoms with van der Waals surface area (Å²) < 4.78 is 1.53. The lowest BCUT2D eigenvalue weighted by molar-refractivity contribution is -0.121. The molecule has 146 valence electrons. The van der Waals surface area contributed by atoms with Crippen molar-refractivity contribution < 1.29 is 4.79 Å². The molecule has 3 aromatic rings. The van der Waals surface area contributed by atoms with E-state index in [1.54, 1.807) is 43.3 Å². The zero-order chi connectivity index (χ0) is 20.5. The molecule has 0 aliphatic carbocycles. The lowest BCUT2D eigenvalue weighted by Crippen LogP contribution is -2.44. The second-order valence-electron chi connectivity index (χ2n) is 7.53. The molecule has 7 heteroatoms. The highest BCUT2D eigenvalue weighted by Gasteiger charge is 2.23. The summed E-state index contributed by atoms with van der Waals surface area (Å²) >= 11 is 7.25. The summed E-state index contributed by atoms with van der Waals surface area (Å²) in [5.41, 5.74) is 0.736. The van der Waals surface area contributed by atoms with Crippen LogP contribution in [0, 0.1) is 0 Å². The van der Waals surface area contributed by atoms with E-state index in [1.807, 2.05) is 32.9 Å². The van der Waals surface area contributed by atoms with E-state index in [0.717, 1.165) is 0 Å². The topological polar surface area (TPSA) is 64.0 Å². The minimum absolute atomic E-state index is 0.109. The number of hydrogen-bond donors (Lipinski definition) is 1. The fourth-order valence-electron chi connectivity index (χ4n) is 2.69. The van der Waals surface area contributed by atoms with E-state index in [0.29, 0.717) is 26.8 Å². The molecular formula is C21H22ClN3O2S. The monoisotopic (exact) mass is 415 g/mol. The molecule has 1 atom stereocenters. The zero-order valence-electron chi connectivity index (χ0n) is 16.2. The van der Waals surface area contributed by atoms with E-state index in [9.17, 15) is 9.59 Å². The van der Waals surface area contributed by atoms with Crippen molar-refractivity contribution in [3.8, 4) is 5.69 Å². The molecule has 28 heavy (non-hydrogen) atoms. The number of para-hydroxylation sites is 1. The molecule has 2 aromatic carbocycles. The number of aromatic nitrogens is 2. The average Bonchev–Trinajstić information content (AvgIpc) is 2.62. The fourth-order valence-corrected chi connectivity index (χ4v) is 3.75. The van der Waals surface area contributed by atoms with Crippen molar-refractivity contribution in [2.24, 2.45) is 0 Å². The van der Waals surface area contributed by atoms with Gasteiger partial charge < -0.3 is 5.32 Å². The van der Waals surface area contributed by atoms with Gasteiger partial charge in [0.2, 0.25) is 5.91 Å². The molecule has 0 spiro atoms. The van der Waals surface area contributed by atoms with E-state index >= 15 is 0 Å². The number of halogens is 1. The second-order valence-corrected chi connectivity index (χ2v) is 9.27. The summed E-state index contributed by atoms with van der Waals surface area (Å²) in [4.78, 5) is 30.4. The van der Waals surface area contributed by atoms with Gasteiger partial charge in [0, 0.05) is 10.6 Å². The third-order valence-electron chi connectivity index (χ3n) is 3.98. The van der Waals surface area contributed by atoms with Gasteiger partial charge in [0.15, 0.2) is 5.16 Å². The number of amides is 1. The van der Waals surface area contributed by atoms with Crippen molar-refractivity contribution >= 4 is 40.2 Å². The highest BCUT2D eigenvalue weighted by Crippen LogP contribution is 2.26. The predicted molar refractivity (Wildman–Crippen MR) is 116 cm³/mol. The van der Waals surface area contributed by atoms with Crippen LogP contribution in [-0.2, 0) is 4.79 Å². The van der Waals surface area contributed by atoms with Crippen LogP contribution in [0.1, 0.15) is 27.7 Å². The Kier molecular flexibility index (Phi) is 5.82. The molecule has 0 saturated heterocycles. The predicted octanol–water partition coefficient (Wildman–Crippen LogP) is 4.43. The van der Waals surface area contributed by atoms with Crippen LogP contribution in [0.5, 0.6) is 0 Å². The first-order chi connectivity index (χ1) is 13.2. The highest BCUT2D eigenvalue weighted by molar-refractivity contribution is 8.00. The fraction of sp³-hybridized carbons (Fsp3) is 0.286. The number of thioether (sulfide) groups is 1. The van der Waals surface area contributed by atoms with Crippen molar-refractivity contribution in [3.05, 3.63) is 63.9 Å². The molecular weight excluding hydrogens is 394 g/mol. The van der Waals surface area contributed by atoms with E-state index in [1.165, 1.54) is 16.3 Å². The normalized spacial score (nSPS) is 12.8. The van der Waals surface area contributed by atoms with Gasteiger partial charge >= 0.3 is 0 Å². The third-order valence-corrected chi connectivity index (χ3v) is 5.28. The van der Waals surface area contributed by atoms with E-state index in [4.69, 9.17) is 11.6 Å². The first-order valence-electron chi connectivity index (χ1n) is 8.92. The first-order valence-corrected chi connectivity index (χ1v) is 10.2. The highest BCUT2D eigenvalue weighted by atomic mass is 35.5. The van der Waals surface area contributed by atoms with Crippen LogP contribution in [0.4, 0.5) is 0 Å². The Balaban J connectivity index is 2.10. The number of benzene rings is 2. The smallest absolute Gasteiger partial charge is 0.266 e. The number of carbonyl (C=O) groups is 1. The minimum atomic E-state index is -0.425. The maximum atomic E-state index is 13.2. The Bertz CT molecular complexity index is 1070. The van der Waals surface area contributed by atoms with Gasteiger partial charge in [-0.3, -0.25) is 14.2 Å². The van der Waals surface area contributed by atoms with Crippen molar-refractivity contribution in [1.82, 2.24) is 14.9 Å². The van der Waals surface area contributed by atoms with Crippen molar-refractivity contribution in [3.63, 3.8) is 0 Å². The maximum absolute atomic E-state index is 13.2. The molecule has 3 rings (SSSR count). The van der Waals surface area contributed by atoms with Gasteiger partial charge in [-0.05, 0) is 64.1 Å². The summed E-state index contributed by atoms with van der Waals surface area (Å²) in [7, 11) is 0. The molecule has 0 radical (unpaired) electrons. The van der Waals surface area contributed by atoms with Crippen LogP contribution in [0.15, 0.2) is 58.5 Å². The van der Waals surface area contributed by atoms with Crippen LogP contribution in [0.25, 0.3) is 16.6 Å². The summed E-state index contributed by atoms with van der Waals surface area (Å²) in [6, 6.07) is 14.2. The zero-order valence-corrected chi connectivity index (χ0v) is 17.8. The summed E-state index contributed by atoms with van der Waals surface area (Å²) in [6.07, 6.45) is 0. The first kappa shape index (κ1) is 20.4. The minimum Gasteiger partial charge on any atom is -0.351 e. The van der Waals surface area contributed by atoms with Crippen molar-refractivity contribution in [1.29, 1.82) is 0 Å². The van der Waals surface area contributed by atoms with Crippen LogP contribution in [0.2, 0.25) is 5.02 Å². The molecule has 1 aromatic heterocycles. The van der Waals surface area contributed by atoms with E-state index < -0.39 is 5.25 Å². The van der Waals surface area contributed by atoms with Crippen LogP contribution >= 0.6 is 23.4 Å². The Labute approximate surface area is 173 Å². The van der Waals surface area contributed by atoms with Crippen LogP contribution < -0.4 is 10.9 Å². The Morgan fingerprint density at radius 1 is 1.14 bits per heavy atom. The Hall–Kier alpha value is -2.31. The molecule has 1 N–H and O–H groups in total. The molecule has 0 fully saturated rings. The van der Waals surface area contributed by atoms with Gasteiger partial charge in [0.25, 0.3) is 5.56 Å². The maximum Gasteiger partial charge on any atom is 0.266 e. The van der Waals surface area contributed by atoms with Crippen LogP contribution in [0.3, 0.4) is 0 Å². The summed E-state index contributed by atoms with van der Waals surface area (Å²) in [6.45, 7) is 7.60. The molecule has 0 aliphatic rings. The van der Waals surface area contributed by atoms with E-state index in [2.05, 4.69) is 10.3 Å². The molecule has 5 nitrogen and oxygen atoms in total. The summed E-state index contributed by atoms with van der Waals surface area (Å²) in [5, 5.41) is 4.10. The van der Waals surface area contributed by atoms with Gasteiger partial charge in [0.05, 0.1) is 21.8 Å². The number of carbonyl (C=O) groups excluding carboxylic acids is 1. The standard InChI is InChI=1S/C21H22ClN3O2S/c1-13(18(26)24-21(2,3)4)28-20-23-17-8-6-5-7-16(17)19(27)25(20)15-11-9-14(22)10-12-15/h5-13H,1-4H3,(H,24,26)/t13-/m0/s1. The number of nitrogens with one attached hydrogen (secondary N) is 1. The quantitative estimate of drug-likeness (QED) is 0.505. The SMILES string of the molecule is C[C@H](Sc1nc2ccccc2c(=O)n1-c1ccc(Cl)cc1)C(=O)NC(C)(C)C. The Morgan fingerprint density at radius 2 is 1.79 bits per heavy atom. The number of hydrogen-bond acceptors (Lipinski definition) is 4. The Morgan fingerprint density at radius 3 is 2.43 bits per heavy atom. The number of rotatable bonds is 4. The largest absolute Gasteiger partial charge is 0.351 e. The van der Waals surface area contributed by atoms with Gasteiger partial charge in [-0.2, -0.15) is 0 Å². The van der Waals surface area contributed by atoms with Gasteiger partial charge in [-0.25, -0.2) is 4.98 Å². The average molecular weight is 416 g/mol. The van der Waals surface area contributed by atoms with Gasteiger partial charge in [0.1, 0.15) is 0 Å². The van der Waals surface area contributed by atoms with Crippen LogP contribution in [-0.4, -0.2) is 26.2 Å². The molecule has 0 bridgehead atoms. The summed E-state index contributed by atoms with van der Waals surface area (Å²) in [5.74, 6) is -0.109. The molecule has 1 amide bonds. The second kappa shape index (κ2) is 7.97. The molecule has 1 heterocycles. The van der Waals surface area contributed by atoms with Gasteiger partial charge in [-0.1, -0.05) is 35.5 Å². The lowest BCUT2D eigenvalue weighted by Gasteiger charge is -2.23. The van der Waals surface area contributed by atoms with Gasteiger partial charge in [-0.15, -0.1) is 0 Å². The molecule has 0 saturated carbocycles. The molecule has 0 unspecified atom stereocenters.